The number of benzene rings is 1. The van der Waals surface area contributed by atoms with Crippen molar-refractivity contribution in [2.75, 3.05) is 13.1 Å². The van der Waals surface area contributed by atoms with Crippen LogP contribution >= 0.6 is 0 Å². The zero-order valence-corrected chi connectivity index (χ0v) is 14.8. The summed E-state index contributed by atoms with van der Waals surface area (Å²) < 4.78 is 0. The van der Waals surface area contributed by atoms with Crippen LogP contribution in [0.25, 0.3) is 10.9 Å². The van der Waals surface area contributed by atoms with E-state index in [4.69, 9.17) is 10.7 Å². The quantitative estimate of drug-likeness (QED) is 0.778. The van der Waals surface area contributed by atoms with E-state index in [0.29, 0.717) is 29.9 Å². The molecule has 3 heterocycles. The molecule has 0 radical (unpaired) electrons. The molecule has 27 heavy (non-hydrogen) atoms. The van der Waals surface area contributed by atoms with Crippen molar-refractivity contribution in [1.82, 2.24) is 14.9 Å². The van der Waals surface area contributed by atoms with Crippen molar-refractivity contribution in [1.29, 1.82) is 0 Å². The monoisotopic (exact) mass is 360 g/mol. The van der Waals surface area contributed by atoms with Gasteiger partial charge in [0, 0.05) is 42.4 Å². The molecule has 2 N–H and O–H groups in total. The second kappa shape index (κ2) is 7.15. The van der Waals surface area contributed by atoms with Crippen molar-refractivity contribution in [2.24, 2.45) is 5.73 Å². The highest BCUT2D eigenvalue weighted by Crippen LogP contribution is 2.30. The molecule has 1 aromatic carbocycles. The first-order chi connectivity index (χ1) is 13.1. The maximum Gasteiger partial charge on any atom is 0.253 e. The van der Waals surface area contributed by atoms with Gasteiger partial charge in [-0.2, -0.15) is 0 Å². The number of hydrogen-bond donors (Lipinski definition) is 1. The molecule has 2 amide bonds. The highest BCUT2D eigenvalue weighted by atomic mass is 16.2. The Labute approximate surface area is 157 Å². The molecule has 6 heteroatoms. The van der Waals surface area contributed by atoms with E-state index in [2.05, 4.69) is 4.98 Å². The van der Waals surface area contributed by atoms with Crippen molar-refractivity contribution in [2.45, 2.75) is 18.8 Å². The second-order valence-corrected chi connectivity index (χ2v) is 6.80. The van der Waals surface area contributed by atoms with Crippen molar-refractivity contribution in [3.05, 3.63) is 71.7 Å². The van der Waals surface area contributed by atoms with E-state index >= 15 is 0 Å². The number of carbonyl (C=O) groups excluding carboxylic acids is 2. The SMILES string of the molecule is NC(=O)c1cc2ccccc2nc1[C@H]1CCCN(C(=O)c2ccncc2)C1. The molecular weight excluding hydrogens is 340 g/mol. The van der Waals surface area contributed by atoms with Gasteiger partial charge in [0.25, 0.3) is 11.8 Å². The molecule has 2 aromatic heterocycles. The molecule has 0 bridgehead atoms. The number of aromatic nitrogens is 2. The lowest BCUT2D eigenvalue weighted by Gasteiger charge is -2.33. The Morgan fingerprint density at radius 3 is 2.67 bits per heavy atom. The molecule has 1 fully saturated rings. The number of primary amides is 1. The minimum atomic E-state index is -0.485. The lowest BCUT2D eigenvalue weighted by Crippen LogP contribution is -2.39. The standard InChI is InChI=1S/C21H20N4O2/c22-20(26)17-12-15-4-1-2-6-18(15)24-19(17)16-5-3-11-25(13-16)21(27)14-7-9-23-10-8-14/h1-2,4,6-10,12,16H,3,5,11,13H2,(H2,22,26)/t16-/m0/s1. The van der Waals surface area contributed by atoms with Crippen LogP contribution in [0.3, 0.4) is 0 Å². The van der Waals surface area contributed by atoms with Crippen molar-refractivity contribution in [3.63, 3.8) is 0 Å². The van der Waals surface area contributed by atoms with E-state index < -0.39 is 5.91 Å². The number of hydrogen-bond acceptors (Lipinski definition) is 4. The predicted octanol–water partition coefficient (Wildman–Crippen LogP) is 2.75. The summed E-state index contributed by atoms with van der Waals surface area (Å²) in [7, 11) is 0. The Balaban J connectivity index is 1.67. The third-order valence-corrected chi connectivity index (χ3v) is 5.04. The van der Waals surface area contributed by atoms with Crippen molar-refractivity contribution in [3.8, 4) is 0 Å². The highest BCUT2D eigenvalue weighted by molar-refractivity contribution is 5.98. The van der Waals surface area contributed by atoms with Gasteiger partial charge in [0.05, 0.1) is 16.8 Å². The molecule has 0 unspecified atom stereocenters. The molecule has 3 aromatic rings. The van der Waals surface area contributed by atoms with Crippen LogP contribution in [0.15, 0.2) is 54.9 Å². The third-order valence-electron chi connectivity index (χ3n) is 5.04. The lowest BCUT2D eigenvalue weighted by molar-refractivity contribution is 0.0705. The summed E-state index contributed by atoms with van der Waals surface area (Å²) in [6.45, 7) is 1.21. The Hall–Kier alpha value is -3.28. The van der Waals surface area contributed by atoms with E-state index in [1.807, 2.05) is 35.2 Å². The molecular formula is C21H20N4O2. The molecule has 1 saturated heterocycles. The largest absolute Gasteiger partial charge is 0.366 e. The fourth-order valence-corrected chi connectivity index (χ4v) is 3.70. The predicted molar refractivity (Wildman–Crippen MR) is 102 cm³/mol. The Morgan fingerprint density at radius 1 is 1.11 bits per heavy atom. The molecule has 136 valence electrons. The summed E-state index contributed by atoms with van der Waals surface area (Å²) in [6, 6.07) is 12.9. The van der Waals surface area contributed by atoms with Gasteiger partial charge in [0.15, 0.2) is 0 Å². The normalized spacial score (nSPS) is 17.0. The number of piperidine rings is 1. The van der Waals surface area contributed by atoms with Gasteiger partial charge in [-0.3, -0.25) is 19.6 Å². The molecule has 0 spiro atoms. The van der Waals surface area contributed by atoms with Gasteiger partial charge in [0.2, 0.25) is 0 Å². The van der Waals surface area contributed by atoms with Gasteiger partial charge in [0.1, 0.15) is 0 Å². The average Bonchev–Trinajstić information content (AvgIpc) is 2.73. The first-order valence-electron chi connectivity index (χ1n) is 9.02. The number of nitrogens with zero attached hydrogens (tertiary/aromatic N) is 3. The summed E-state index contributed by atoms with van der Waals surface area (Å²) in [5, 5.41) is 0.885. The molecule has 0 aliphatic carbocycles. The number of likely N-dealkylation sites (tertiary alicyclic amines) is 1. The summed E-state index contributed by atoms with van der Waals surface area (Å²) in [4.78, 5) is 35.4. The minimum Gasteiger partial charge on any atom is -0.366 e. The summed E-state index contributed by atoms with van der Waals surface area (Å²) >= 11 is 0. The van der Waals surface area contributed by atoms with Crippen LogP contribution in [0.2, 0.25) is 0 Å². The van der Waals surface area contributed by atoms with E-state index in [0.717, 1.165) is 23.7 Å². The fourth-order valence-electron chi connectivity index (χ4n) is 3.70. The molecule has 1 atom stereocenters. The Bertz CT molecular complexity index is 1000. The lowest BCUT2D eigenvalue weighted by atomic mass is 9.90. The first-order valence-corrected chi connectivity index (χ1v) is 9.02. The summed E-state index contributed by atoms with van der Waals surface area (Å²) in [5.74, 6) is -0.527. The number of amides is 2. The summed E-state index contributed by atoms with van der Waals surface area (Å²) in [5.41, 5.74) is 8.21. The zero-order valence-electron chi connectivity index (χ0n) is 14.8. The second-order valence-electron chi connectivity index (χ2n) is 6.80. The average molecular weight is 360 g/mol. The minimum absolute atomic E-state index is 0.0170. The van der Waals surface area contributed by atoms with Crippen molar-refractivity contribution < 1.29 is 9.59 Å². The van der Waals surface area contributed by atoms with Crippen LogP contribution in [0.5, 0.6) is 0 Å². The van der Waals surface area contributed by atoms with Gasteiger partial charge in [-0.25, -0.2) is 0 Å². The smallest absolute Gasteiger partial charge is 0.253 e. The van der Waals surface area contributed by atoms with Crippen LogP contribution in [0, 0.1) is 0 Å². The molecule has 1 aliphatic heterocycles. The van der Waals surface area contributed by atoms with Gasteiger partial charge in [-0.05, 0) is 37.1 Å². The van der Waals surface area contributed by atoms with Crippen LogP contribution < -0.4 is 5.73 Å². The first kappa shape index (κ1) is 17.1. The molecule has 6 nitrogen and oxygen atoms in total. The molecule has 4 rings (SSSR count). The summed E-state index contributed by atoms with van der Waals surface area (Å²) in [6.07, 6.45) is 4.95. The van der Waals surface area contributed by atoms with E-state index in [-0.39, 0.29) is 11.8 Å². The third kappa shape index (κ3) is 3.38. The number of pyridine rings is 2. The van der Waals surface area contributed by atoms with Gasteiger partial charge in [-0.15, -0.1) is 0 Å². The van der Waals surface area contributed by atoms with Gasteiger partial charge < -0.3 is 10.6 Å². The Morgan fingerprint density at radius 2 is 1.89 bits per heavy atom. The number of para-hydroxylation sites is 1. The number of fused-ring (bicyclic) bond motifs is 1. The van der Waals surface area contributed by atoms with Gasteiger partial charge in [-0.1, -0.05) is 18.2 Å². The van der Waals surface area contributed by atoms with Crippen LogP contribution in [-0.4, -0.2) is 39.8 Å². The van der Waals surface area contributed by atoms with Crippen LogP contribution in [0.1, 0.15) is 45.2 Å². The van der Waals surface area contributed by atoms with E-state index in [9.17, 15) is 9.59 Å². The molecule has 1 aliphatic rings. The maximum atomic E-state index is 12.8. The van der Waals surface area contributed by atoms with Crippen LogP contribution in [-0.2, 0) is 0 Å². The van der Waals surface area contributed by atoms with Gasteiger partial charge >= 0.3 is 0 Å². The Kier molecular flexibility index (Phi) is 4.54. The van der Waals surface area contributed by atoms with Crippen molar-refractivity contribution >= 4 is 22.7 Å². The number of rotatable bonds is 3. The highest BCUT2D eigenvalue weighted by Gasteiger charge is 2.29. The fraction of sp³-hybridized carbons (Fsp3) is 0.238. The van der Waals surface area contributed by atoms with Crippen LogP contribution in [0.4, 0.5) is 0 Å². The number of carbonyl (C=O) groups is 2. The molecule has 0 saturated carbocycles. The maximum absolute atomic E-state index is 12.8. The number of nitrogens with two attached hydrogens (primary N) is 1. The topological polar surface area (TPSA) is 89.2 Å². The van der Waals surface area contributed by atoms with E-state index in [1.54, 1.807) is 24.5 Å². The van der Waals surface area contributed by atoms with E-state index in [1.165, 1.54) is 0 Å². The zero-order chi connectivity index (χ0) is 18.8.